The molecule has 0 unspecified atom stereocenters. The van der Waals surface area contributed by atoms with Gasteiger partial charge in [0.05, 0.1) is 22.0 Å². The van der Waals surface area contributed by atoms with Gasteiger partial charge in [-0.2, -0.15) is 11.3 Å². The number of carbonyl (C=O) groups excluding carboxylic acids is 2. The molecule has 2 saturated heterocycles. The number of thiophene rings is 1. The van der Waals surface area contributed by atoms with E-state index in [9.17, 15) is 9.59 Å². The van der Waals surface area contributed by atoms with Crippen molar-refractivity contribution >= 4 is 40.3 Å². The van der Waals surface area contributed by atoms with Crippen LogP contribution in [0.25, 0.3) is 17.3 Å². The third-order valence-electron chi connectivity index (χ3n) is 6.14. The Kier molecular flexibility index (Phi) is 7.13. The zero-order valence-corrected chi connectivity index (χ0v) is 20.3. The van der Waals surface area contributed by atoms with Crippen molar-refractivity contribution in [1.82, 2.24) is 25.2 Å². The highest BCUT2D eigenvalue weighted by Crippen LogP contribution is 2.26. The number of amides is 2. The number of rotatable bonds is 7. The number of likely N-dealkylation sites (tertiary alicyclic amines) is 1. The lowest BCUT2D eigenvalue weighted by Gasteiger charge is -2.31. The minimum absolute atomic E-state index is 0.345. The van der Waals surface area contributed by atoms with Crippen LogP contribution in [0.5, 0.6) is 0 Å². The molecule has 0 aliphatic carbocycles. The van der Waals surface area contributed by atoms with Crippen LogP contribution in [0.2, 0.25) is 0 Å². The highest BCUT2D eigenvalue weighted by Gasteiger charge is 2.25. The summed E-state index contributed by atoms with van der Waals surface area (Å²) in [6.45, 7) is 3.03. The van der Waals surface area contributed by atoms with E-state index in [0.717, 1.165) is 74.3 Å². The highest BCUT2D eigenvalue weighted by molar-refractivity contribution is 8.18. The molecule has 9 heteroatoms. The summed E-state index contributed by atoms with van der Waals surface area (Å²) < 4.78 is 0. The topological polar surface area (TPSA) is 88.1 Å². The van der Waals surface area contributed by atoms with Gasteiger partial charge >= 0.3 is 0 Å². The normalized spacial score (nSPS) is 18.5. The number of pyridine rings is 1. The van der Waals surface area contributed by atoms with E-state index < -0.39 is 0 Å². The summed E-state index contributed by atoms with van der Waals surface area (Å²) in [5, 5.41) is 6.14. The van der Waals surface area contributed by atoms with Crippen LogP contribution in [0.1, 0.15) is 36.5 Å². The lowest BCUT2D eigenvalue weighted by Crippen LogP contribution is -2.33. The standard InChI is InChI=1S/C25H25N5O2S2/c31-24-22(34-25(32)29-24)14-19-6-10-26-23(28-19)5-4-17-7-11-30(12-8-17)15-20-2-1-3-21(27-20)18-9-13-33-16-18/h1-3,6,9-10,13-14,16-17H,4-5,7-8,11-12,15H2,(H,29,31,32)/b22-14-. The van der Waals surface area contributed by atoms with Gasteiger partial charge in [0.1, 0.15) is 5.82 Å². The third kappa shape index (κ3) is 5.78. The number of nitrogens with one attached hydrogen (secondary N) is 1. The quantitative estimate of drug-likeness (QED) is 0.476. The summed E-state index contributed by atoms with van der Waals surface area (Å²) in [4.78, 5) is 39.8. The molecule has 2 amide bonds. The van der Waals surface area contributed by atoms with Crippen molar-refractivity contribution in [1.29, 1.82) is 0 Å². The van der Waals surface area contributed by atoms with Crippen molar-refractivity contribution in [2.45, 2.75) is 32.2 Å². The molecule has 2 aliphatic heterocycles. The molecule has 0 aromatic carbocycles. The fourth-order valence-corrected chi connectivity index (χ4v) is 5.62. The van der Waals surface area contributed by atoms with Crippen LogP contribution >= 0.6 is 23.1 Å². The predicted octanol–water partition coefficient (Wildman–Crippen LogP) is 4.77. The van der Waals surface area contributed by atoms with Crippen LogP contribution in [-0.2, 0) is 17.8 Å². The van der Waals surface area contributed by atoms with E-state index in [4.69, 9.17) is 4.98 Å². The van der Waals surface area contributed by atoms with Crippen molar-refractivity contribution in [2.75, 3.05) is 13.1 Å². The van der Waals surface area contributed by atoms with Gasteiger partial charge in [-0.1, -0.05) is 6.07 Å². The van der Waals surface area contributed by atoms with E-state index in [1.807, 2.05) is 0 Å². The Balaban J connectivity index is 1.11. The fraction of sp³-hybridized carbons (Fsp3) is 0.320. The van der Waals surface area contributed by atoms with Gasteiger partial charge in [-0.25, -0.2) is 9.97 Å². The van der Waals surface area contributed by atoms with Gasteiger partial charge in [-0.15, -0.1) is 0 Å². The summed E-state index contributed by atoms with van der Waals surface area (Å²) in [5.74, 6) is 1.07. The van der Waals surface area contributed by atoms with Crippen molar-refractivity contribution in [3.8, 4) is 11.3 Å². The van der Waals surface area contributed by atoms with Crippen LogP contribution in [0.15, 0.2) is 52.2 Å². The van der Waals surface area contributed by atoms with Gasteiger partial charge in [0.15, 0.2) is 0 Å². The van der Waals surface area contributed by atoms with Gasteiger partial charge in [0.2, 0.25) is 0 Å². The van der Waals surface area contributed by atoms with Gasteiger partial charge in [-0.05, 0) is 85.8 Å². The first-order valence-electron chi connectivity index (χ1n) is 11.4. The van der Waals surface area contributed by atoms with E-state index in [1.54, 1.807) is 29.7 Å². The lowest BCUT2D eigenvalue weighted by molar-refractivity contribution is -0.115. The second-order valence-electron chi connectivity index (χ2n) is 8.53. The number of hydrogen-bond acceptors (Lipinski definition) is 8. The third-order valence-corrected chi connectivity index (χ3v) is 7.63. The van der Waals surface area contributed by atoms with Gasteiger partial charge < -0.3 is 0 Å². The van der Waals surface area contributed by atoms with Crippen LogP contribution in [0.3, 0.4) is 0 Å². The van der Waals surface area contributed by atoms with Crippen molar-refractivity contribution in [2.24, 2.45) is 5.92 Å². The maximum Gasteiger partial charge on any atom is 0.290 e. The zero-order chi connectivity index (χ0) is 23.3. The molecule has 7 nitrogen and oxygen atoms in total. The monoisotopic (exact) mass is 491 g/mol. The summed E-state index contributed by atoms with van der Waals surface area (Å²) in [5.41, 5.74) is 4.01. The Bertz CT molecular complexity index is 1200. The van der Waals surface area contributed by atoms with Crippen molar-refractivity contribution < 1.29 is 9.59 Å². The van der Waals surface area contributed by atoms with E-state index in [2.05, 4.69) is 55.2 Å². The smallest absolute Gasteiger partial charge is 0.290 e. The maximum absolute atomic E-state index is 11.7. The number of thioether (sulfide) groups is 1. The Labute approximate surface area is 206 Å². The Morgan fingerprint density at radius 1 is 1.12 bits per heavy atom. The van der Waals surface area contributed by atoms with Crippen LogP contribution in [0, 0.1) is 5.92 Å². The molecular formula is C25H25N5O2S2. The molecule has 1 N–H and O–H groups in total. The van der Waals surface area contributed by atoms with E-state index in [-0.39, 0.29) is 11.1 Å². The molecule has 34 heavy (non-hydrogen) atoms. The fourth-order valence-electron chi connectivity index (χ4n) is 4.31. The Morgan fingerprint density at radius 3 is 2.76 bits per heavy atom. The molecule has 5 rings (SSSR count). The Hall–Kier alpha value is -2.88. The molecule has 174 valence electrons. The lowest BCUT2D eigenvalue weighted by atomic mass is 9.92. The number of nitrogens with zero attached hydrogens (tertiary/aromatic N) is 4. The second kappa shape index (κ2) is 10.6. The molecule has 0 saturated carbocycles. The molecule has 0 atom stereocenters. The van der Waals surface area contributed by atoms with E-state index >= 15 is 0 Å². The average molecular weight is 492 g/mol. The second-order valence-corrected chi connectivity index (χ2v) is 10.3. The summed E-state index contributed by atoms with van der Waals surface area (Å²) in [6.07, 6.45) is 7.54. The number of aryl methyl sites for hydroxylation is 1. The van der Waals surface area contributed by atoms with Crippen molar-refractivity contribution in [3.05, 3.63) is 69.4 Å². The molecule has 2 aliphatic rings. The van der Waals surface area contributed by atoms with Crippen LogP contribution < -0.4 is 5.32 Å². The minimum Gasteiger partial charge on any atom is -0.297 e. The number of aromatic nitrogens is 3. The van der Waals surface area contributed by atoms with Gasteiger partial charge in [-0.3, -0.25) is 24.8 Å². The first-order chi connectivity index (χ1) is 16.6. The molecule has 2 fully saturated rings. The predicted molar refractivity (Wildman–Crippen MR) is 135 cm³/mol. The molecule has 0 bridgehead atoms. The summed E-state index contributed by atoms with van der Waals surface area (Å²) in [6, 6.07) is 10.2. The molecule has 0 radical (unpaired) electrons. The van der Waals surface area contributed by atoms with Gasteiger partial charge in [0.25, 0.3) is 11.1 Å². The summed E-state index contributed by atoms with van der Waals surface area (Å²) >= 11 is 2.60. The van der Waals surface area contributed by atoms with Crippen LogP contribution in [-0.4, -0.2) is 44.1 Å². The van der Waals surface area contributed by atoms with Crippen molar-refractivity contribution in [3.63, 3.8) is 0 Å². The molecule has 5 heterocycles. The molecule has 3 aromatic rings. The summed E-state index contributed by atoms with van der Waals surface area (Å²) in [7, 11) is 0. The first kappa shape index (κ1) is 22.9. The number of piperidine rings is 1. The highest BCUT2D eigenvalue weighted by atomic mass is 32.2. The largest absolute Gasteiger partial charge is 0.297 e. The molecular weight excluding hydrogens is 466 g/mol. The zero-order valence-electron chi connectivity index (χ0n) is 18.6. The Morgan fingerprint density at radius 2 is 2.00 bits per heavy atom. The number of hydrogen-bond donors (Lipinski definition) is 1. The first-order valence-corrected chi connectivity index (χ1v) is 13.2. The number of carbonyl (C=O) groups is 2. The molecule has 3 aromatic heterocycles. The average Bonchev–Trinajstić information content (AvgIpc) is 3.49. The maximum atomic E-state index is 11.7. The number of imide groups is 1. The molecule has 0 spiro atoms. The minimum atomic E-state index is -0.365. The van der Waals surface area contributed by atoms with E-state index in [1.165, 1.54) is 5.56 Å². The SMILES string of the molecule is O=C1NC(=O)/C(=C/c2ccnc(CCC3CCN(Cc4cccc(-c5ccsc5)n4)CC3)n2)S1. The van der Waals surface area contributed by atoms with Gasteiger partial charge in [0, 0.05) is 30.1 Å². The van der Waals surface area contributed by atoms with Crippen LogP contribution in [0.4, 0.5) is 4.79 Å². The van der Waals surface area contributed by atoms with E-state index in [0.29, 0.717) is 16.5 Å².